The summed E-state index contributed by atoms with van der Waals surface area (Å²) in [4.78, 5) is 35.9. The van der Waals surface area contributed by atoms with Crippen LogP contribution in [-0.2, 0) is 9.47 Å². The molecule has 9 nitrogen and oxygen atoms in total. The Bertz CT molecular complexity index is 1080. The molecule has 1 aromatic heterocycles. The maximum atomic E-state index is 14.2. The second-order valence-corrected chi connectivity index (χ2v) is 10.2. The van der Waals surface area contributed by atoms with Crippen LogP contribution in [0.4, 0.5) is 9.18 Å². The summed E-state index contributed by atoms with van der Waals surface area (Å²) in [5.41, 5.74) is 0.0652. The van der Waals surface area contributed by atoms with Gasteiger partial charge in [-0.1, -0.05) is 0 Å². The fraction of sp³-hybridized carbons (Fsp3) is 0.615. The highest BCUT2D eigenvalue weighted by Crippen LogP contribution is 2.35. The summed E-state index contributed by atoms with van der Waals surface area (Å²) in [6, 6.07) is 3.76. The van der Waals surface area contributed by atoms with Gasteiger partial charge in [-0.3, -0.25) is 4.79 Å². The van der Waals surface area contributed by atoms with Gasteiger partial charge in [-0.2, -0.15) is 4.73 Å². The normalized spacial score (nSPS) is 16.4. The Balaban J connectivity index is 2.01. The Morgan fingerprint density at radius 1 is 1.19 bits per heavy atom. The quantitative estimate of drug-likeness (QED) is 0.500. The Morgan fingerprint density at radius 3 is 2.53 bits per heavy atom. The number of hydrogen-bond donors (Lipinski definition) is 0. The monoisotopic (exact) mass is 507 g/mol. The van der Waals surface area contributed by atoms with Gasteiger partial charge in [0.2, 0.25) is 0 Å². The molecule has 1 aliphatic heterocycles. The molecule has 0 unspecified atom stereocenters. The van der Waals surface area contributed by atoms with E-state index in [1.54, 1.807) is 23.0 Å². The first kappa shape index (κ1) is 27.6. The van der Waals surface area contributed by atoms with Crippen molar-refractivity contribution in [3.05, 3.63) is 29.7 Å². The lowest BCUT2D eigenvalue weighted by atomic mass is 10.0. The molecular formula is C26H38FN3O6. The van der Waals surface area contributed by atoms with Crippen molar-refractivity contribution in [2.75, 3.05) is 40.5 Å². The number of ether oxygens (including phenoxy) is 3. The third-order valence-electron chi connectivity index (χ3n) is 5.99. The third-order valence-corrected chi connectivity index (χ3v) is 5.99. The first-order valence-electron chi connectivity index (χ1n) is 12.3. The zero-order valence-corrected chi connectivity index (χ0v) is 22.3. The minimum atomic E-state index is -0.610. The van der Waals surface area contributed by atoms with Crippen molar-refractivity contribution in [2.45, 2.75) is 65.1 Å². The molecule has 0 radical (unpaired) electrons. The van der Waals surface area contributed by atoms with Crippen molar-refractivity contribution in [1.29, 1.82) is 0 Å². The molecule has 1 aliphatic rings. The van der Waals surface area contributed by atoms with E-state index in [0.717, 1.165) is 12.8 Å². The molecule has 3 rings (SSSR count). The van der Waals surface area contributed by atoms with Gasteiger partial charge < -0.3 is 28.8 Å². The molecule has 2 heterocycles. The summed E-state index contributed by atoms with van der Waals surface area (Å²) in [7, 11) is 3.00. The number of rotatable bonds is 8. The molecule has 200 valence electrons. The van der Waals surface area contributed by atoms with E-state index < -0.39 is 17.5 Å². The first-order chi connectivity index (χ1) is 17.0. The second kappa shape index (κ2) is 11.4. The van der Waals surface area contributed by atoms with Crippen LogP contribution in [0.15, 0.2) is 18.2 Å². The predicted octanol–water partition coefficient (Wildman–Crippen LogP) is 4.11. The molecule has 36 heavy (non-hydrogen) atoms. The number of fused-ring (bicyclic) bond motifs is 1. The lowest BCUT2D eigenvalue weighted by Crippen LogP contribution is -2.54. The molecule has 2 aromatic rings. The largest absolute Gasteiger partial charge is 0.488 e. The SMILES string of the molecule is COCCOc1c(C(=O)N(C(C)C)[C@@H]2CCCN(C(=O)OC(C)(C)C)C2)n(OC)c2ccc(F)cc12. The highest BCUT2D eigenvalue weighted by Gasteiger charge is 2.37. The minimum absolute atomic E-state index is 0.164. The Kier molecular flexibility index (Phi) is 8.71. The summed E-state index contributed by atoms with van der Waals surface area (Å²) in [5.74, 6) is -0.543. The molecule has 0 bridgehead atoms. The van der Waals surface area contributed by atoms with Gasteiger partial charge in [-0.05, 0) is 65.7 Å². The van der Waals surface area contributed by atoms with Gasteiger partial charge in [0.15, 0.2) is 11.4 Å². The molecule has 1 fully saturated rings. The topological polar surface area (TPSA) is 82.5 Å². The highest BCUT2D eigenvalue weighted by molar-refractivity contribution is 6.04. The molecule has 0 N–H and O–H groups in total. The maximum Gasteiger partial charge on any atom is 0.410 e. The molecular weight excluding hydrogens is 469 g/mol. The van der Waals surface area contributed by atoms with Crippen LogP contribution in [0.2, 0.25) is 0 Å². The molecule has 1 saturated heterocycles. The number of carbonyl (C=O) groups excluding carboxylic acids is 2. The van der Waals surface area contributed by atoms with Gasteiger partial charge in [0, 0.05) is 31.6 Å². The first-order valence-corrected chi connectivity index (χ1v) is 12.3. The maximum absolute atomic E-state index is 14.2. The Hall–Kier alpha value is -3.01. The Morgan fingerprint density at radius 2 is 1.92 bits per heavy atom. The predicted molar refractivity (Wildman–Crippen MR) is 134 cm³/mol. The molecule has 10 heteroatoms. The smallest absolute Gasteiger partial charge is 0.410 e. The van der Waals surface area contributed by atoms with Crippen LogP contribution in [-0.4, -0.2) is 84.7 Å². The number of piperidine rings is 1. The molecule has 1 aromatic carbocycles. The lowest BCUT2D eigenvalue weighted by molar-refractivity contribution is 0.00673. The standard InChI is InChI=1S/C26H38FN3O6/c1-17(2)29(19-9-8-12-28(16-19)25(32)36-26(3,4)5)24(31)22-23(35-14-13-33-6)20-15-18(27)10-11-21(20)30(22)34-7/h10-11,15,17,19H,8-9,12-14,16H2,1-7H3/t19-/m1/s1. The van der Waals surface area contributed by atoms with E-state index in [2.05, 4.69) is 0 Å². The van der Waals surface area contributed by atoms with Gasteiger partial charge in [0.05, 0.1) is 18.2 Å². The summed E-state index contributed by atoms with van der Waals surface area (Å²) in [5, 5.41) is 0.430. The van der Waals surface area contributed by atoms with Gasteiger partial charge >= 0.3 is 6.09 Å². The molecule has 0 spiro atoms. The number of amides is 2. The third kappa shape index (κ3) is 6.03. The van der Waals surface area contributed by atoms with E-state index >= 15 is 0 Å². The number of hydrogen-bond acceptors (Lipinski definition) is 6. The molecule has 0 saturated carbocycles. The van der Waals surface area contributed by atoms with Crippen LogP contribution in [0.5, 0.6) is 5.75 Å². The van der Waals surface area contributed by atoms with Gasteiger partial charge in [-0.15, -0.1) is 0 Å². The zero-order chi connectivity index (χ0) is 26.6. The van der Waals surface area contributed by atoms with Crippen molar-refractivity contribution in [2.24, 2.45) is 0 Å². The van der Waals surface area contributed by atoms with Crippen LogP contribution < -0.4 is 9.57 Å². The summed E-state index contributed by atoms with van der Waals surface area (Å²) >= 11 is 0. The van der Waals surface area contributed by atoms with Crippen LogP contribution >= 0.6 is 0 Å². The second-order valence-electron chi connectivity index (χ2n) is 10.2. The number of likely N-dealkylation sites (tertiary alicyclic amines) is 1. The number of methoxy groups -OCH3 is 1. The minimum Gasteiger partial charge on any atom is -0.488 e. The van der Waals surface area contributed by atoms with Crippen molar-refractivity contribution >= 4 is 22.9 Å². The summed E-state index contributed by atoms with van der Waals surface area (Å²) in [6.07, 6.45) is 1.06. The average molecular weight is 508 g/mol. The van der Waals surface area contributed by atoms with E-state index in [-0.39, 0.29) is 36.0 Å². The van der Waals surface area contributed by atoms with E-state index in [4.69, 9.17) is 19.0 Å². The van der Waals surface area contributed by atoms with Gasteiger partial charge in [0.1, 0.15) is 25.1 Å². The zero-order valence-electron chi connectivity index (χ0n) is 22.3. The van der Waals surface area contributed by atoms with Crippen molar-refractivity contribution in [3.8, 4) is 5.75 Å². The summed E-state index contributed by atoms with van der Waals surface area (Å²) in [6.45, 7) is 10.7. The fourth-order valence-electron chi connectivity index (χ4n) is 4.57. The summed E-state index contributed by atoms with van der Waals surface area (Å²) < 4.78 is 32.2. The van der Waals surface area contributed by atoms with Gasteiger partial charge in [-0.25, -0.2) is 9.18 Å². The molecule has 0 aliphatic carbocycles. The van der Waals surface area contributed by atoms with Crippen molar-refractivity contribution in [3.63, 3.8) is 0 Å². The van der Waals surface area contributed by atoms with E-state index in [1.165, 1.54) is 24.0 Å². The average Bonchev–Trinajstić information content (AvgIpc) is 3.10. The van der Waals surface area contributed by atoms with Crippen molar-refractivity contribution < 1.29 is 33.0 Å². The van der Waals surface area contributed by atoms with Crippen LogP contribution in [0.1, 0.15) is 57.9 Å². The van der Waals surface area contributed by atoms with Crippen LogP contribution in [0.3, 0.4) is 0 Å². The number of carbonyl (C=O) groups is 2. The number of aromatic nitrogens is 1. The lowest BCUT2D eigenvalue weighted by Gasteiger charge is -2.41. The van der Waals surface area contributed by atoms with E-state index in [1.807, 2.05) is 34.6 Å². The number of benzene rings is 1. The molecule has 1 atom stereocenters. The van der Waals surface area contributed by atoms with Crippen LogP contribution in [0.25, 0.3) is 10.9 Å². The number of nitrogens with zero attached hydrogens (tertiary/aromatic N) is 3. The highest BCUT2D eigenvalue weighted by atomic mass is 19.1. The van der Waals surface area contributed by atoms with E-state index in [0.29, 0.717) is 30.6 Å². The Labute approximate surface area is 212 Å². The number of halogens is 1. The van der Waals surface area contributed by atoms with Crippen molar-refractivity contribution in [1.82, 2.24) is 14.5 Å². The van der Waals surface area contributed by atoms with Crippen LogP contribution in [0, 0.1) is 5.82 Å². The van der Waals surface area contributed by atoms with Gasteiger partial charge in [0.25, 0.3) is 5.91 Å². The fourth-order valence-corrected chi connectivity index (χ4v) is 4.57. The molecule has 2 amide bonds. The van der Waals surface area contributed by atoms with E-state index in [9.17, 15) is 14.0 Å².